The van der Waals surface area contributed by atoms with Crippen LogP contribution in [0.4, 0.5) is 5.69 Å². The summed E-state index contributed by atoms with van der Waals surface area (Å²) in [4.78, 5) is 22.5. The molecule has 0 saturated heterocycles. The van der Waals surface area contributed by atoms with Crippen LogP contribution >= 0.6 is 0 Å². The van der Waals surface area contributed by atoms with Gasteiger partial charge in [0.25, 0.3) is 5.91 Å². The van der Waals surface area contributed by atoms with E-state index in [4.69, 9.17) is 14.2 Å². The lowest BCUT2D eigenvalue weighted by molar-refractivity contribution is -0.385. The van der Waals surface area contributed by atoms with Crippen molar-refractivity contribution in [3.8, 4) is 17.2 Å². The molecule has 2 aromatic rings. The van der Waals surface area contributed by atoms with Crippen LogP contribution in [-0.4, -0.2) is 64.7 Å². The number of methoxy groups -OCH3 is 3. The van der Waals surface area contributed by atoms with Crippen LogP contribution in [-0.2, 0) is 14.8 Å². The van der Waals surface area contributed by atoms with E-state index in [0.717, 1.165) is 4.31 Å². The van der Waals surface area contributed by atoms with Gasteiger partial charge in [-0.05, 0) is 24.3 Å². The van der Waals surface area contributed by atoms with Crippen LogP contribution in [0, 0.1) is 10.1 Å². The second kappa shape index (κ2) is 10.5. The molecule has 0 unspecified atom stereocenters. The van der Waals surface area contributed by atoms with Gasteiger partial charge in [-0.15, -0.1) is 0 Å². The lowest BCUT2D eigenvalue weighted by Gasteiger charge is -2.18. The fourth-order valence-electron chi connectivity index (χ4n) is 2.58. The Hall–Kier alpha value is -3.71. The first kappa shape index (κ1) is 24.6. The number of ether oxygens (including phenoxy) is 3. The number of nitrogens with zero attached hydrogens (tertiary/aromatic N) is 3. The predicted octanol–water partition coefficient (Wildman–Crippen LogP) is 1.39. The predicted molar refractivity (Wildman–Crippen MR) is 115 cm³/mol. The van der Waals surface area contributed by atoms with Crippen molar-refractivity contribution in [3.05, 3.63) is 52.1 Å². The molecule has 0 aromatic heterocycles. The molecule has 0 atom stereocenters. The highest BCUT2D eigenvalue weighted by atomic mass is 32.2. The summed E-state index contributed by atoms with van der Waals surface area (Å²) in [6, 6.07) is 8.40. The molecular formula is C19H22N4O8S. The van der Waals surface area contributed by atoms with E-state index in [2.05, 4.69) is 10.5 Å². The number of nitro benzene ring substituents is 1. The Balaban J connectivity index is 2.10. The molecule has 2 aromatic carbocycles. The average Bonchev–Trinajstić information content (AvgIpc) is 2.78. The number of rotatable bonds is 10. The minimum Gasteiger partial charge on any atom is -0.497 e. The van der Waals surface area contributed by atoms with Gasteiger partial charge in [0, 0.05) is 24.7 Å². The third-order valence-electron chi connectivity index (χ3n) is 4.23. The number of carbonyl (C=O) groups is 1. The molecule has 0 radical (unpaired) electrons. The molecule has 0 fully saturated rings. The first-order valence-electron chi connectivity index (χ1n) is 8.96. The smallest absolute Gasteiger partial charge is 0.311 e. The maximum Gasteiger partial charge on any atom is 0.311 e. The molecule has 1 N–H and O–H groups in total. The number of nitrogens with one attached hydrogen (secondary N) is 1. The van der Waals surface area contributed by atoms with Crippen molar-refractivity contribution < 1.29 is 32.3 Å². The number of hydrogen-bond donors (Lipinski definition) is 1. The van der Waals surface area contributed by atoms with E-state index < -0.39 is 27.4 Å². The topological polar surface area (TPSA) is 150 Å². The highest BCUT2D eigenvalue weighted by molar-refractivity contribution is 7.89. The van der Waals surface area contributed by atoms with Crippen molar-refractivity contribution in [1.29, 1.82) is 0 Å². The van der Waals surface area contributed by atoms with E-state index in [0.29, 0.717) is 11.3 Å². The minimum atomic E-state index is -4.08. The van der Waals surface area contributed by atoms with Crippen LogP contribution in [0.3, 0.4) is 0 Å². The Bertz CT molecular complexity index is 1130. The van der Waals surface area contributed by atoms with Crippen molar-refractivity contribution in [2.24, 2.45) is 5.10 Å². The summed E-state index contributed by atoms with van der Waals surface area (Å²) in [7, 11) is 1.17. The quantitative estimate of drug-likeness (QED) is 0.314. The fraction of sp³-hybridized carbons (Fsp3) is 0.263. The molecule has 0 spiro atoms. The lowest BCUT2D eigenvalue weighted by atomic mass is 10.2. The van der Waals surface area contributed by atoms with E-state index in [1.807, 2.05) is 0 Å². The van der Waals surface area contributed by atoms with Gasteiger partial charge in [-0.25, -0.2) is 13.8 Å². The Kier molecular flexibility index (Phi) is 8.09. The number of benzene rings is 2. The summed E-state index contributed by atoms with van der Waals surface area (Å²) in [6.07, 6.45) is 1.18. The molecule has 0 aliphatic heterocycles. The second-order valence-electron chi connectivity index (χ2n) is 6.26. The van der Waals surface area contributed by atoms with Crippen molar-refractivity contribution in [2.45, 2.75) is 4.90 Å². The van der Waals surface area contributed by atoms with Crippen LogP contribution in [0.25, 0.3) is 0 Å². The highest BCUT2D eigenvalue weighted by Gasteiger charge is 2.27. The van der Waals surface area contributed by atoms with Gasteiger partial charge >= 0.3 is 5.69 Å². The van der Waals surface area contributed by atoms with Crippen molar-refractivity contribution in [2.75, 3.05) is 34.9 Å². The summed E-state index contributed by atoms with van der Waals surface area (Å²) >= 11 is 0. The first-order valence-corrected chi connectivity index (χ1v) is 10.4. The minimum absolute atomic E-state index is 0.0796. The standard InChI is InChI=1S/C19H22N4O8S/c1-22(32(27,28)18-10-14(29-2)6-8-17(18)31-4)12-19(24)21-20-11-13-5-7-16(30-3)15(9-13)23(25)26/h5-11H,12H2,1-4H3,(H,21,24)/b20-11+. The molecule has 172 valence electrons. The van der Waals surface area contributed by atoms with Crippen LogP contribution < -0.4 is 19.6 Å². The Labute approximate surface area is 184 Å². The van der Waals surface area contributed by atoms with Crippen LogP contribution in [0.1, 0.15) is 5.56 Å². The highest BCUT2D eigenvalue weighted by Crippen LogP contribution is 2.30. The average molecular weight is 466 g/mol. The SMILES string of the molecule is COc1ccc(OC)c(S(=O)(=O)N(C)CC(=O)N/N=C/c2ccc(OC)c([N+](=O)[O-])c2)c1. The number of carbonyl (C=O) groups excluding carboxylic acids is 1. The second-order valence-corrected chi connectivity index (χ2v) is 8.27. The molecular weight excluding hydrogens is 444 g/mol. The number of likely N-dealkylation sites (N-methyl/N-ethyl adjacent to an activating group) is 1. The Morgan fingerprint density at radius 1 is 1.12 bits per heavy atom. The summed E-state index contributed by atoms with van der Waals surface area (Å²) < 4.78 is 41.6. The molecule has 32 heavy (non-hydrogen) atoms. The summed E-state index contributed by atoms with van der Waals surface area (Å²) in [5.74, 6) is -0.245. The molecule has 0 heterocycles. The van der Waals surface area contributed by atoms with Gasteiger partial charge in [0.05, 0.1) is 39.0 Å². The maximum absolute atomic E-state index is 12.9. The fourth-order valence-corrected chi connectivity index (χ4v) is 3.88. The Morgan fingerprint density at radius 3 is 2.38 bits per heavy atom. The van der Waals surface area contributed by atoms with Crippen molar-refractivity contribution >= 4 is 27.8 Å². The zero-order chi connectivity index (χ0) is 23.9. The number of hydrazone groups is 1. The lowest BCUT2D eigenvalue weighted by Crippen LogP contribution is -2.36. The number of hydrogen-bond acceptors (Lipinski definition) is 9. The molecule has 0 bridgehead atoms. The zero-order valence-corrected chi connectivity index (χ0v) is 18.6. The molecule has 0 aliphatic rings. The van der Waals surface area contributed by atoms with Crippen molar-refractivity contribution in [3.63, 3.8) is 0 Å². The summed E-state index contributed by atoms with van der Waals surface area (Å²) in [6.45, 7) is -0.539. The Morgan fingerprint density at radius 2 is 1.78 bits per heavy atom. The third kappa shape index (κ3) is 5.70. The van der Waals surface area contributed by atoms with E-state index in [9.17, 15) is 23.3 Å². The molecule has 0 saturated carbocycles. The van der Waals surface area contributed by atoms with Gasteiger partial charge < -0.3 is 14.2 Å². The number of sulfonamides is 1. The zero-order valence-electron chi connectivity index (χ0n) is 17.8. The van der Waals surface area contributed by atoms with Gasteiger partial charge in [0.1, 0.15) is 16.4 Å². The molecule has 13 heteroatoms. The van der Waals surface area contributed by atoms with Crippen LogP contribution in [0.5, 0.6) is 17.2 Å². The number of amides is 1. The van der Waals surface area contributed by atoms with E-state index >= 15 is 0 Å². The van der Waals surface area contributed by atoms with Gasteiger partial charge in [-0.3, -0.25) is 14.9 Å². The van der Waals surface area contributed by atoms with Gasteiger partial charge in [0.2, 0.25) is 10.0 Å². The number of nitro groups is 1. The van der Waals surface area contributed by atoms with Crippen LogP contribution in [0.2, 0.25) is 0 Å². The largest absolute Gasteiger partial charge is 0.497 e. The van der Waals surface area contributed by atoms with E-state index in [-0.39, 0.29) is 22.1 Å². The summed E-state index contributed by atoms with van der Waals surface area (Å²) in [5.41, 5.74) is 2.25. The summed E-state index contributed by atoms with van der Waals surface area (Å²) in [5, 5.41) is 14.8. The molecule has 2 rings (SSSR count). The molecule has 12 nitrogen and oxygen atoms in total. The van der Waals surface area contributed by atoms with Crippen LogP contribution in [0.15, 0.2) is 46.4 Å². The third-order valence-corrected chi connectivity index (χ3v) is 6.05. The van der Waals surface area contributed by atoms with Gasteiger partial charge in [0.15, 0.2) is 5.75 Å². The molecule has 1 amide bonds. The molecule has 0 aliphatic carbocycles. The van der Waals surface area contributed by atoms with E-state index in [1.54, 1.807) is 6.07 Å². The van der Waals surface area contributed by atoms with Gasteiger partial charge in [-0.2, -0.15) is 9.41 Å². The normalized spacial score (nSPS) is 11.4. The maximum atomic E-state index is 12.9. The monoisotopic (exact) mass is 466 g/mol. The van der Waals surface area contributed by atoms with E-state index in [1.165, 1.54) is 64.9 Å². The van der Waals surface area contributed by atoms with Gasteiger partial charge in [-0.1, -0.05) is 0 Å². The first-order chi connectivity index (χ1) is 15.1. The van der Waals surface area contributed by atoms with Crippen molar-refractivity contribution in [1.82, 2.24) is 9.73 Å².